The Morgan fingerprint density at radius 3 is 2.00 bits per heavy atom. The molecule has 0 saturated carbocycles. The summed E-state index contributed by atoms with van der Waals surface area (Å²) in [6.45, 7) is 3.48. The van der Waals surface area contributed by atoms with E-state index in [1.54, 1.807) is 74.5 Å². The second kappa shape index (κ2) is 9.34. The Morgan fingerprint density at radius 1 is 0.857 bits per heavy atom. The molecule has 0 saturated heterocycles. The molecule has 0 bridgehead atoms. The predicted molar refractivity (Wildman–Crippen MR) is 133 cm³/mol. The monoisotopic (exact) mass is 491 g/mol. The topological polar surface area (TPSA) is 104 Å². The number of nitrogens with zero attached hydrogens (tertiary/aromatic N) is 2. The van der Waals surface area contributed by atoms with Crippen LogP contribution in [0.2, 0.25) is 0 Å². The third-order valence-corrected chi connectivity index (χ3v) is 7.67. The summed E-state index contributed by atoms with van der Waals surface area (Å²) in [6.07, 6.45) is 0. The van der Waals surface area contributed by atoms with Gasteiger partial charge in [0.1, 0.15) is 6.04 Å². The lowest BCUT2D eigenvalue weighted by Crippen LogP contribution is -2.50. The highest BCUT2D eigenvalue weighted by atomic mass is 32.2. The standard InChI is InChI=1S/C26H25N3O5S/c1-17(2)23(29-25(31)21-14-7-8-15-22(21)26(29)32)24(30)27-18-10-9-13-20(16-18)35(33,34)28(3)19-11-5-4-6-12-19/h4-17,23H,1-3H3,(H,27,30). The number of carbonyl (C=O) groups excluding carboxylic acids is 3. The molecule has 4 rings (SSSR count). The molecule has 3 amide bonds. The molecule has 1 atom stereocenters. The first-order valence-electron chi connectivity index (χ1n) is 11.0. The van der Waals surface area contributed by atoms with Crippen molar-refractivity contribution in [3.63, 3.8) is 0 Å². The van der Waals surface area contributed by atoms with Crippen molar-refractivity contribution >= 4 is 39.1 Å². The first kappa shape index (κ1) is 24.2. The van der Waals surface area contributed by atoms with E-state index in [1.165, 1.54) is 25.2 Å². The van der Waals surface area contributed by atoms with Crippen LogP contribution in [0.5, 0.6) is 0 Å². The summed E-state index contributed by atoms with van der Waals surface area (Å²) < 4.78 is 27.5. The summed E-state index contributed by atoms with van der Waals surface area (Å²) in [6, 6.07) is 19.9. The van der Waals surface area contributed by atoms with Gasteiger partial charge >= 0.3 is 0 Å². The number of fused-ring (bicyclic) bond motifs is 1. The zero-order chi connectivity index (χ0) is 25.3. The van der Waals surface area contributed by atoms with E-state index >= 15 is 0 Å². The van der Waals surface area contributed by atoms with E-state index in [9.17, 15) is 22.8 Å². The van der Waals surface area contributed by atoms with Gasteiger partial charge < -0.3 is 5.32 Å². The number of carbonyl (C=O) groups is 3. The molecule has 0 fully saturated rings. The number of rotatable bonds is 7. The Labute approximate surface area is 204 Å². The van der Waals surface area contributed by atoms with Crippen molar-refractivity contribution in [1.29, 1.82) is 0 Å². The van der Waals surface area contributed by atoms with Crippen LogP contribution < -0.4 is 9.62 Å². The van der Waals surface area contributed by atoms with Crippen LogP contribution in [0.1, 0.15) is 34.6 Å². The minimum absolute atomic E-state index is 0.0107. The van der Waals surface area contributed by atoms with E-state index < -0.39 is 33.8 Å². The number of hydrogen-bond acceptors (Lipinski definition) is 5. The van der Waals surface area contributed by atoms with Gasteiger partial charge in [0.15, 0.2) is 0 Å². The molecule has 1 N–H and O–H groups in total. The smallest absolute Gasteiger partial charge is 0.264 e. The number of sulfonamides is 1. The predicted octanol–water partition coefficient (Wildman–Crippen LogP) is 3.77. The lowest BCUT2D eigenvalue weighted by Gasteiger charge is -2.28. The second-order valence-corrected chi connectivity index (χ2v) is 10.5. The van der Waals surface area contributed by atoms with Crippen molar-refractivity contribution < 1.29 is 22.8 Å². The van der Waals surface area contributed by atoms with Crippen LogP contribution >= 0.6 is 0 Å². The van der Waals surface area contributed by atoms with Crippen LogP contribution in [-0.2, 0) is 14.8 Å². The fourth-order valence-electron chi connectivity index (χ4n) is 4.06. The van der Waals surface area contributed by atoms with Gasteiger partial charge in [-0.05, 0) is 48.4 Å². The van der Waals surface area contributed by atoms with Gasteiger partial charge in [-0.3, -0.25) is 23.6 Å². The summed E-state index contributed by atoms with van der Waals surface area (Å²) in [5, 5.41) is 2.69. The van der Waals surface area contributed by atoms with Crippen LogP contribution in [0.25, 0.3) is 0 Å². The third-order valence-electron chi connectivity index (χ3n) is 5.88. The Balaban J connectivity index is 1.60. The Kier molecular flexibility index (Phi) is 6.45. The summed E-state index contributed by atoms with van der Waals surface area (Å²) in [5.41, 5.74) is 1.24. The number of para-hydroxylation sites is 1. The average Bonchev–Trinajstić information content (AvgIpc) is 3.09. The molecule has 0 aliphatic carbocycles. The van der Waals surface area contributed by atoms with Gasteiger partial charge in [-0.25, -0.2) is 8.42 Å². The summed E-state index contributed by atoms with van der Waals surface area (Å²) >= 11 is 0. The van der Waals surface area contributed by atoms with E-state index in [0.29, 0.717) is 5.69 Å². The minimum atomic E-state index is -3.89. The molecule has 8 nitrogen and oxygen atoms in total. The molecular weight excluding hydrogens is 466 g/mol. The summed E-state index contributed by atoms with van der Waals surface area (Å²) in [7, 11) is -2.44. The third kappa shape index (κ3) is 4.42. The zero-order valence-corrected chi connectivity index (χ0v) is 20.3. The number of amides is 3. The molecule has 3 aromatic carbocycles. The highest BCUT2D eigenvalue weighted by molar-refractivity contribution is 7.92. The van der Waals surface area contributed by atoms with Crippen LogP contribution in [0.4, 0.5) is 11.4 Å². The van der Waals surface area contributed by atoms with Crippen molar-refractivity contribution in [2.45, 2.75) is 24.8 Å². The molecule has 35 heavy (non-hydrogen) atoms. The number of nitrogens with one attached hydrogen (secondary N) is 1. The second-order valence-electron chi connectivity index (χ2n) is 8.54. The van der Waals surface area contributed by atoms with Crippen LogP contribution in [-0.4, -0.2) is 44.1 Å². The Bertz CT molecular complexity index is 1370. The fraction of sp³-hybridized carbons (Fsp3) is 0.192. The highest BCUT2D eigenvalue weighted by Crippen LogP contribution is 2.28. The molecule has 1 aliphatic rings. The van der Waals surface area contributed by atoms with E-state index in [1.807, 2.05) is 0 Å². The number of anilines is 2. The van der Waals surface area contributed by atoms with Gasteiger partial charge in [-0.2, -0.15) is 0 Å². The maximum atomic E-state index is 13.3. The molecule has 3 aromatic rings. The maximum absolute atomic E-state index is 13.3. The molecule has 1 heterocycles. The number of imide groups is 1. The highest BCUT2D eigenvalue weighted by Gasteiger charge is 2.43. The molecular formula is C26H25N3O5S. The lowest BCUT2D eigenvalue weighted by molar-refractivity contribution is -0.121. The van der Waals surface area contributed by atoms with E-state index in [-0.39, 0.29) is 27.6 Å². The maximum Gasteiger partial charge on any atom is 0.264 e. The quantitative estimate of drug-likeness (QED) is 0.507. The fourth-order valence-corrected chi connectivity index (χ4v) is 5.31. The molecule has 0 radical (unpaired) electrons. The first-order chi connectivity index (χ1) is 16.6. The molecule has 0 spiro atoms. The van der Waals surface area contributed by atoms with E-state index in [4.69, 9.17) is 0 Å². The van der Waals surface area contributed by atoms with E-state index in [0.717, 1.165) is 9.21 Å². The first-order valence-corrected chi connectivity index (χ1v) is 12.5. The average molecular weight is 492 g/mol. The van der Waals surface area contributed by atoms with Gasteiger partial charge in [0.05, 0.1) is 21.7 Å². The van der Waals surface area contributed by atoms with Crippen molar-refractivity contribution in [2.24, 2.45) is 5.92 Å². The van der Waals surface area contributed by atoms with Gasteiger partial charge in [0.2, 0.25) is 5.91 Å². The summed E-state index contributed by atoms with van der Waals surface area (Å²) in [4.78, 5) is 40.1. The Morgan fingerprint density at radius 2 is 1.43 bits per heavy atom. The molecule has 180 valence electrons. The van der Waals surface area contributed by atoms with Crippen molar-refractivity contribution in [3.8, 4) is 0 Å². The molecule has 1 aliphatic heterocycles. The largest absolute Gasteiger partial charge is 0.324 e. The van der Waals surface area contributed by atoms with Gasteiger partial charge in [-0.1, -0.05) is 50.2 Å². The zero-order valence-electron chi connectivity index (χ0n) is 19.5. The molecule has 1 unspecified atom stereocenters. The van der Waals surface area contributed by atoms with Gasteiger partial charge in [0, 0.05) is 12.7 Å². The van der Waals surface area contributed by atoms with Crippen molar-refractivity contribution in [3.05, 3.63) is 90.0 Å². The van der Waals surface area contributed by atoms with E-state index in [2.05, 4.69) is 5.32 Å². The Hall–Kier alpha value is -3.98. The lowest BCUT2D eigenvalue weighted by atomic mass is 10.0. The van der Waals surface area contributed by atoms with Crippen molar-refractivity contribution in [2.75, 3.05) is 16.7 Å². The van der Waals surface area contributed by atoms with Gasteiger partial charge in [-0.15, -0.1) is 0 Å². The normalized spacial score (nSPS) is 14.1. The number of benzene rings is 3. The SMILES string of the molecule is CC(C)C(C(=O)Nc1cccc(S(=O)(=O)N(C)c2ccccc2)c1)N1C(=O)c2ccccc2C1=O. The van der Waals surface area contributed by atoms with Crippen LogP contribution in [0, 0.1) is 5.92 Å². The van der Waals surface area contributed by atoms with Crippen LogP contribution in [0.3, 0.4) is 0 Å². The molecule has 0 aromatic heterocycles. The van der Waals surface area contributed by atoms with Crippen molar-refractivity contribution in [1.82, 2.24) is 4.90 Å². The summed E-state index contributed by atoms with van der Waals surface area (Å²) in [5.74, 6) is -2.02. The van der Waals surface area contributed by atoms with Crippen LogP contribution in [0.15, 0.2) is 83.8 Å². The number of hydrogen-bond donors (Lipinski definition) is 1. The molecule has 9 heteroatoms. The van der Waals surface area contributed by atoms with Gasteiger partial charge in [0.25, 0.3) is 21.8 Å². The minimum Gasteiger partial charge on any atom is -0.324 e.